The highest BCUT2D eigenvalue weighted by Crippen LogP contribution is 2.17. The lowest BCUT2D eigenvalue weighted by molar-refractivity contribution is 0.0563. The molecule has 0 aromatic carbocycles. The second kappa shape index (κ2) is 2.88. The molecular weight excluding hydrogens is 200 g/mol. The fourth-order valence-electron chi connectivity index (χ4n) is 0.447. The van der Waals surface area contributed by atoms with E-state index in [4.69, 9.17) is 2.74 Å². The number of furan rings is 1. The molecule has 0 aliphatic rings. The second-order valence-corrected chi connectivity index (χ2v) is 2.26. The summed E-state index contributed by atoms with van der Waals surface area (Å²) in [5.41, 5.74) is 0. The number of carbonyl (C=O) groups is 1. The number of hydrogen-bond donors (Lipinski definition) is 0. The van der Waals surface area contributed by atoms with Gasteiger partial charge in [-0.1, -0.05) is 0 Å². The Morgan fingerprint density at radius 3 is 3.10 bits per heavy atom. The van der Waals surface area contributed by atoms with Crippen LogP contribution in [0.3, 0.4) is 0 Å². The summed E-state index contributed by atoms with van der Waals surface area (Å²) < 4.78 is 23.4. The van der Waals surface area contributed by atoms with E-state index in [0.29, 0.717) is 0 Å². The molecule has 3 nitrogen and oxygen atoms in total. The molecule has 0 amide bonds. The average Bonchev–Trinajstić information content (AvgIpc) is 2.32. The van der Waals surface area contributed by atoms with Crippen molar-refractivity contribution in [3.05, 3.63) is 22.5 Å². The van der Waals surface area contributed by atoms with E-state index in [1.54, 1.807) is 0 Å². The zero-order valence-corrected chi connectivity index (χ0v) is 6.69. The van der Waals surface area contributed by atoms with Gasteiger partial charge in [0.2, 0.25) is 5.76 Å². The van der Waals surface area contributed by atoms with Gasteiger partial charge < -0.3 is 9.15 Å². The van der Waals surface area contributed by atoms with Gasteiger partial charge in [-0.15, -0.1) is 0 Å². The lowest BCUT2D eigenvalue weighted by atomic mass is 10.5. The number of ether oxygens (including phenoxy) is 1. The molecule has 4 heteroatoms. The van der Waals surface area contributed by atoms with Crippen LogP contribution in [-0.2, 0) is 4.74 Å². The van der Waals surface area contributed by atoms with E-state index in [-0.39, 0.29) is 22.5 Å². The number of carbonyl (C=O) groups excluding carboxylic acids is 1. The van der Waals surface area contributed by atoms with Crippen molar-refractivity contribution < 1.29 is 16.7 Å². The van der Waals surface area contributed by atoms with Gasteiger partial charge in [-0.25, -0.2) is 4.79 Å². The molecule has 0 radical (unpaired) electrons. The Kier molecular flexibility index (Phi) is 1.43. The van der Waals surface area contributed by atoms with Crippen molar-refractivity contribution in [1.29, 1.82) is 0 Å². The molecule has 1 aromatic rings. The molecule has 0 unspecified atom stereocenters. The van der Waals surface area contributed by atoms with E-state index < -0.39 is 5.97 Å². The molecule has 0 saturated carbocycles. The van der Waals surface area contributed by atoms with Gasteiger partial charge in [-0.2, -0.15) is 0 Å². The van der Waals surface area contributed by atoms with Crippen molar-refractivity contribution in [2.75, 3.05) is 7.11 Å². The smallest absolute Gasteiger partial charge is 0.375 e. The van der Waals surface area contributed by atoms with E-state index >= 15 is 0 Å². The van der Waals surface area contributed by atoms with Gasteiger partial charge in [0.1, 0.15) is 1.37 Å². The SMILES string of the molecule is [2H]c1oc(C(=O)OC)c(Br)c1[2H]. The van der Waals surface area contributed by atoms with Crippen LogP contribution in [0.15, 0.2) is 21.2 Å². The van der Waals surface area contributed by atoms with Crippen molar-refractivity contribution in [2.45, 2.75) is 0 Å². The first-order chi connectivity index (χ1) is 5.57. The third-order valence-electron chi connectivity index (χ3n) is 0.884. The van der Waals surface area contributed by atoms with Crippen LogP contribution in [0.2, 0.25) is 0 Å². The number of hydrogen-bond acceptors (Lipinski definition) is 3. The van der Waals surface area contributed by atoms with Crippen molar-refractivity contribution in [2.24, 2.45) is 0 Å². The van der Waals surface area contributed by atoms with Gasteiger partial charge in [0, 0.05) is 0 Å². The van der Waals surface area contributed by atoms with E-state index in [0.717, 1.165) is 0 Å². The quantitative estimate of drug-likeness (QED) is 0.659. The van der Waals surface area contributed by atoms with Gasteiger partial charge in [-0.3, -0.25) is 0 Å². The summed E-state index contributed by atoms with van der Waals surface area (Å²) in [6.45, 7) is 0. The van der Waals surface area contributed by atoms with Crippen molar-refractivity contribution in [3.63, 3.8) is 0 Å². The minimum absolute atomic E-state index is 0.146. The number of esters is 1. The number of halogens is 1. The zero-order valence-electron chi connectivity index (χ0n) is 7.10. The Bertz CT molecular complexity index is 321. The first-order valence-corrected chi connectivity index (χ1v) is 3.21. The molecule has 1 rings (SSSR count). The van der Waals surface area contributed by atoms with Crippen LogP contribution in [0.5, 0.6) is 0 Å². The zero-order chi connectivity index (χ0) is 9.30. The normalized spacial score (nSPS) is 12.2. The molecule has 0 N–H and O–H groups in total. The summed E-state index contributed by atoms with van der Waals surface area (Å²) in [6, 6.07) is -0.157. The fourth-order valence-corrected chi connectivity index (χ4v) is 0.771. The van der Waals surface area contributed by atoms with Crippen molar-refractivity contribution >= 4 is 21.9 Å². The topological polar surface area (TPSA) is 39.4 Å². The van der Waals surface area contributed by atoms with Crippen LogP contribution in [-0.4, -0.2) is 13.1 Å². The summed E-state index contributed by atoms with van der Waals surface area (Å²) >= 11 is 2.94. The van der Waals surface area contributed by atoms with Crippen molar-refractivity contribution in [3.8, 4) is 0 Å². The Hall–Kier alpha value is -0.770. The molecular formula is C6H5BrO3. The largest absolute Gasteiger partial charge is 0.463 e. The summed E-state index contributed by atoms with van der Waals surface area (Å²) in [5, 5.41) is 0. The van der Waals surface area contributed by atoms with E-state index in [1.165, 1.54) is 7.11 Å². The molecule has 0 bridgehead atoms. The van der Waals surface area contributed by atoms with Crippen LogP contribution in [0, 0.1) is 0 Å². The lowest BCUT2D eigenvalue weighted by Gasteiger charge is -1.92. The first kappa shape index (κ1) is 4.96. The Morgan fingerprint density at radius 1 is 2.00 bits per heavy atom. The predicted molar refractivity (Wildman–Crippen MR) is 37.7 cm³/mol. The molecule has 10 heavy (non-hydrogen) atoms. The van der Waals surface area contributed by atoms with Crippen LogP contribution < -0.4 is 0 Å². The maximum absolute atomic E-state index is 10.9. The molecule has 0 saturated heterocycles. The van der Waals surface area contributed by atoms with Crippen molar-refractivity contribution in [1.82, 2.24) is 0 Å². The van der Waals surface area contributed by atoms with Crippen LogP contribution in [0.4, 0.5) is 0 Å². The standard InChI is InChI=1S/C6H5BrO3/c1-9-6(8)5-4(7)2-3-10-5/h2-3H,1H3/i2D,3D. The highest BCUT2D eigenvalue weighted by Gasteiger charge is 2.12. The summed E-state index contributed by atoms with van der Waals surface area (Å²) in [7, 11) is 1.20. The van der Waals surface area contributed by atoms with Gasteiger partial charge in [0.05, 0.1) is 19.2 Å². The van der Waals surface area contributed by atoms with E-state index in [1.807, 2.05) is 0 Å². The van der Waals surface area contributed by atoms with Gasteiger partial charge in [0.15, 0.2) is 0 Å². The molecule has 1 aromatic heterocycles. The Morgan fingerprint density at radius 2 is 2.70 bits per heavy atom. The lowest BCUT2D eigenvalue weighted by Crippen LogP contribution is -1.99. The van der Waals surface area contributed by atoms with Crippen LogP contribution >= 0.6 is 15.9 Å². The summed E-state index contributed by atoms with van der Waals surface area (Å²) in [5.74, 6) is -0.846. The summed E-state index contributed by atoms with van der Waals surface area (Å²) in [6.07, 6.45) is -0.359. The van der Waals surface area contributed by atoms with Crippen LogP contribution in [0.1, 0.15) is 13.3 Å². The monoisotopic (exact) mass is 206 g/mol. The highest BCUT2D eigenvalue weighted by atomic mass is 79.9. The molecule has 0 atom stereocenters. The molecule has 1 heterocycles. The molecule has 0 aliphatic carbocycles. The van der Waals surface area contributed by atoms with Gasteiger partial charge in [-0.05, 0) is 22.0 Å². The highest BCUT2D eigenvalue weighted by molar-refractivity contribution is 9.10. The van der Waals surface area contributed by atoms with Gasteiger partial charge >= 0.3 is 5.97 Å². The number of methoxy groups -OCH3 is 1. The third kappa shape index (κ3) is 1.21. The maximum atomic E-state index is 10.9. The average molecular weight is 207 g/mol. The first-order valence-electron chi connectivity index (χ1n) is 3.41. The third-order valence-corrected chi connectivity index (χ3v) is 1.44. The fraction of sp³-hybridized carbons (Fsp3) is 0.167. The molecule has 0 spiro atoms. The number of rotatable bonds is 1. The molecule has 0 aliphatic heterocycles. The summed E-state index contributed by atoms with van der Waals surface area (Å²) in [4.78, 5) is 10.9. The molecule has 0 fully saturated rings. The Balaban J connectivity index is 3.17. The van der Waals surface area contributed by atoms with Gasteiger partial charge in [0.25, 0.3) is 0 Å². The maximum Gasteiger partial charge on any atom is 0.375 e. The van der Waals surface area contributed by atoms with E-state index in [9.17, 15) is 4.79 Å². The van der Waals surface area contributed by atoms with E-state index in [2.05, 4.69) is 25.1 Å². The second-order valence-electron chi connectivity index (χ2n) is 1.46. The minimum Gasteiger partial charge on any atom is -0.463 e. The Labute approximate surface area is 68.9 Å². The minimum atomic E-state index is -0.700. The van der Waals surface area contributed by atoms with Crippen LogP contribution in [0.25, 0.3) is 0 Å². The predicted octanol–water partition coefficient (Wildman–Crippen LogP) is 1.83. The molecule has 54 valence electrons.